The second-order valence-corrected chi connectivity index (χ2v) is 5.82. The number of urea groups is 1. The lowest BCUT2D eigenvalue weighted by Gasteiger charge is -2.32. The van der Waals surface area contributed by atoms with Gasteiger partial charge in [-0.15, -0.1) is 0 Å². The highest BCUT2D eigenvalue weighted by Crippen LogP contribution is 2.29. The summed E-state index contributed by atoms with van der Waals surface area (Å²) >= 11 is 0. The third-order valence-corrected chi connectivity index (χ3v) is 4.23. The highest BCUT2D eigenvalue weighted by Gasteiger charge is 2.53. The Morgan fingerprint density at radius 3 is 2.84 bits per heavy atom. The molecule has 0 aromatic carbocycles. The van der Waals surface area contributed by atoms with Gasteiger partial charge in [0, 0.05) is 7.05 Å². The number of fused-ring (bicyclic) bond motifs is 3. The highest BCUT2D eigenvalue weighted by molar-refractivity contribution is 6.19. The van der Waals surface area contributed by atoms with E-state index in [0.29, 0.717) is 18.3 Å². The summed E-state index contributed by atoms with van der Waals surface area (Å²) in [5.74, 6) is -0.192. The van der Waals surface area contributed by atoms with Crippen LogP contribution >= 0.6 is 0 Å². The predicted octanol–water partition coefficient (Wildman–Crippen LogP) is 0.312. The zero-order valence-corrected chi connectivity index (χ0v) is 14.4. The van der Waals surface area contributed by atoms with Crippen LogP contribution < -0.4 is 4.57 Å². The first-order chi connectivity index (χ1) is 11.9. The van der Waals surface area contributed by atoms with Gasteiger partial charge in [-0.25, -0.2) is 18.8 Å². The molecule has 1 unspecified atom stereocenters. The average Bonchev–Trinajstić information content (AvgIpc) is 3.07. The van der Waals surface area contributed by atoms with Gasteiger partial charge >= 0.3 is 17.9 Å². The molecule has 132 valence electrons. The Morgan fingerprint density at radius 2 is 2.20 bits per heavy atom. The van der Waals surface area contributed by atoms with E-state index in [1.165, 1.54) is 11.9 Å². The molecule has 0 aliphatic carbocycles. The monoisotopic (exact) mass is 346 g/mol. The smallest absolute Gasteiger partial charge is 0.402 e. The molecule has 3 heterocycles. The molecule has 0 N–H and O–H groups in total. The first kappa shape index (κ1) is 16.9. The number of esters is 1. The predicted molar refractivity (Wildman–Crippen MR) is 87.2 cm³/mol. The van der Waals surface area contributed by atoms with Crippen molar-refractivity contribution >= 4 is 29.7 Å². The van der Waals surface area contributed by atoms with E-state index < -0.39 is 30.5 Å². The summed E-state index contributed by atoms with van der Waals surface area (Å²) in [7, 11) is 1.54. The Morgan fingerprint density at radius 1 is 1.48 bits per heavy atom. The SMILES string of the molecule is C=CCn1c(C)c[n+]2c1N=C1C2C(=O)N(CC(=O)OCC)C(=O)N1C. The van der Waals surface area contributed by atoms with Crippen molar-refractivity contribution < 1.29 is 23.7 Å². The molecule has 1 saturated heterocycles. The van der Waals surface area contributed by atoms with Gasteiger partial charge in [-0.05, 0) is 13.8 Å². The van der Waals surface area contributed by atoms with Crippen molar-refractivity contribution in [2.45, 2.75) is 26.4 Å². The molecule has 25 heavy (non-hydrogen) atoms. The summed E-state index contributed by atoms with van der Waals surface area (Å²) in [6.45, 7) is 7.61. The fourth-order valence-electron chi connectivity index (χ4n) is 3.07. The number of ether oxygens (including phenoxy) is 1. The Hall–Kier alpha value is -2.97. The number of amidine groups is 1. The number of aryl methyl sites for hydroxylation is 1. The number of aliphatic imine (C=N–C) groups is 1. The summed E-state index contributed by atoms with van der Waals surface area (Å²) in [5, 5.41) is 0. The molecule has 0 radical (unpaired) electrons. The van der Waals surface area contributed by atoms with Gasteiger partial charge in [-0.3, -0.25) is 14.5 Å². The van der Waals surface area contributed by atoms with Gasteiger partial charge in [0.1, 0.15) is 18.4 Å². The van der Waals surface area contributed by atoms with Gasteiger partial charge < -0.3 is 4.74 Å². The second kappa shape index (κ2) is 6.15. The Labute approximate surface area is 144 Å². The van der Waals surface area contributed by atoms with Crippen LogP contribution in [0.5, 0.6) is 0 Å². The third-order valence-electron chi connectivity index (χ3n) is 4.23. The minimum absolute atomic E-state index is 0.184. The van der Waals surface area contributed by atoms with Gasteiger partial charge in [-0.2, -0.15) is 0 Å². The Kier molecular flexibility index (Phi) is 4.15. The van der Waals surface area contributed by atoms with Crippen molar-refractivity contribution in [1.82, 2.24) is 14.4 Å². The molecule has 2 aliphatic heterocycles. The van der Waals surface area contributed by atoms with Crippen LogP contribution in [0, 0.1) is 6.92 Å². The fourth-order valence-corrected chi connectivity index (χ4v) is 3.07. The van der Waals surface area contributed by atoms with Crippen LogP contribution in [0.2, 0.25) is 0 Å². The molecule has 3 amide bonds. The van der Waals surface area contributed by atoms with E-state index >= 15 is 0 Å². The molecule has 9 nitrogen and oxygen atoms in total. The maximum atomic E-state index is 12.9. The molecule has 1 atom stereocenters. The van der Waals surface area contributed by atoms with Crippen LogP contribution in [-0.2, 0) is 20.9 Å². The van der Waals surface area contributed by atoms with Gasteiger partial charge in [0.15, 0.2) is 0 Å². The maximum Gasteiger partial charge on any atom is 0.402 e. The van der Waals surface area contributed by atoms with Crippen LogP contribution in [0.15, 0.2) is 23.8 Å². The number of rotatable bonds is 5. The largest absolute Gasteiger partial charge is 0.465 e. The van der Waals surface area contributed by atoms with E-state index in [1.807, 2.05) is 17.7 Å². The van der Waals surface area contributed by atoms with Crippen molar-refractivity contribution in [3.8, 4) is 0 Å². The Bertz CT molecular complexity index is 810. The van der Waals surface area contributed by atoms with Crippen LogP contribution in [0.4, 0.5) is 10.7 Å². The quantitative estimate of drug-likeness (QED) is 0.436. The minimum Gasteiger partial charge on any atom is -0.465 e. The lowest BCUT2D eigenvalue weighted by molar-refractivity contribution is -0.677. The van der Waals surface area contributed by atoms with Gasteiger partial charge in [0.05, 0.1) is 13.2 Å². The topological polar surface area (TPSA) is 88.1 Å². The zero-order chi connectivity index (χ0) is 18.3. The molecular formula is C16H20N5O4+. The molecule has 1 aromatic heterocycles. The molecule has 1 aromatic rings. The van der Waals surface area contributed by atoms with Crippen LogP contribution in [0.25, 0.3) is 0 Å². The molecule has 0 spiro atoms. The number of amides is 3. The number of carbonyl (C=O) groups is 3. The summed E-state index contributed by atoms with van der Waals surface area (Å²) < 4.78 is 8.48. The summed E-state index contributed by atoms with van der Waals surface area (Å²) in [6.07, 6.45) is 3.55. The molecule has 3 rings (SSSR count). The van der Waals surface area contributed by atoms with E-state index in [-0.39, 0.29) is 6.61 Å². The van der Waals surface area contributed by atoms with Gasteiger partial charge in [-0.1, -0.05) is 17.6 Å². The zero-order valence-electron chi connectivity index (χ0n) is 14.4. The number of likely N-dealkylation sites (N-methyl/N-ethyl adjacent to an activating group) is 1. The first-order valence-electron chi connectivity index (χ1n) is 7.96. The maximum absolute atomic E-state index is 12.9. The number of nitrogens with zero attached hydrogens (tertiary/aromatic N) is 5. The van der Waals surface area contributed by atoms with E-state index in [1.54, 1.807) is 17.6 Å². The normalized spacial score (nSPS) is 18.8. The summed E-state index contributed by atoms with van der Waals surface area (Å²) in [4.78, 5) is 43.8. The van der Waals surface area contributed by atoms with Crippen LogP contribution in [0.3, 0.4) is 0 Å². The third kappa shape index (κ3) is 2.51. The molecular weight excluding hydrogens is 326 g/mol. The molecule has 0 bridgehead atoms. The van der Waals surface area contributed by atoms with Crippen LogP contribution in [-0.4, -0.2) is 58.3 Å². The molecule has 1 fully saturated rings. The first-order valence-corrected chi connectivity index (χ1v) is 7.96. The lowest BCUT2D eigenvalue weighted by atomic mass is 10.1. The van der Waals surface area contributed by atoms with Crippen LogP contribution in [0.1, 0.15) is 18.7 Å². The number of imide groups is 1. The number of imidazole rings is 1. The number of hydrogen-bond donors (Lipinski definition) is 0. The Balaban J connectivity index is 1.99. The van der Waals surface area contributed by atoms with E-state index in [2.05, 4.69) is 11.6 Å². The van der Waals surface area contributed by atoms with E-state index in [9.17, 15) is 14.4 Å². The number of hydrogen-bond acceptors (Lipinski definition) is 5. The molecule has 0 saturated carbocycles. The number of aromatic nitrogens is 2. The molecule has 9 heteroatoms. The lowest BCUT2D eigenvalue weighted by Crippen LogP contribution is -2.63. The average molecular weight is 346 g/mol. The molecule has 2 aliphatic rings. The van der Waals surface area contributed by atoms with Crippen molar-refractivity contribution in [2.24, 2.45) is 4.99 Å². The summed E-state index contributed by atoms with van der Waals surface area (Å²) in [6, 6.07) is -1.36. The van der Waals surface area contributed by atoms with E-state index in [4.69, 9.17) is 4.74 Å². The fraction of sp³-hybridized carbons (Fsp3) is 0.438. The second-order valence-electron chi connectivity index (χ2n) is 5.82. The van der Waals surface area contributed by atoms with Crippen molar-refractivity contribution in [3.63, 3.8) is 0 Å². The summed E-state index contributed by atoms with van der Waals surface area (Å²) in [5.41, 5.74) is 0.919. The highest BCUT2D eigenvalue weighted by atomic mass is 16.5. The standard InChI is InChI=1S/C16H20N5O4/c1-5-7-19-10(3)8-20-12-13(17-15(19)20)18(4)16(24)21(14(12)23)9-11(22)25-6-2/h5,8,12H,1,6-7,9H2,2-4H3/q+1. The van der Waals surface area contributed by atoms with Gasteiger partial charge in [0.25, 0.3) is 5.91 Å². The number of allylic oxidation sites excluding steroid dienone is 1. The van der Waals surface area contributed by atoms with Crippen molar-refractivity contribution in [3.05, 3.63) is 24.5 Å². The van der Waals surface area contributed by atoms with Crippen molar-refractivity contribution in [2.75, 3.05) is 20.2 Å². The number of carbonyl (C=O) groups excluding carboxylic acids is 3. The minimum atomic E-state index is -0.767. The van der Waals surface area contributed by atoms with E-state index in [0.717, 1.165) is 10.6 Å². The van der Waals surface area contributed by atoms with Crippen molar-refractivity contribution in [1.29, 1.82) is 0 Å². The van der Waals surface area contributed by atoms with Gasteiger partial charge in [0.2, 0.25) is 11.9 Å².